The molecule has 5 aromatic rings. The summed E-state index contributed by atoms with van der Waals surface area (Å²) in [5.74, 6) is -1.84. The number of nitrogens with zero attached hydrogens (tertiary/aromatic N) is 6. The van der Waals surface area contributed by atoms with Gasteiger partial charge in [-0.25, -0.2) is 8.78 Å². The maximum Gasteiger partial charge on any atom is 0.271 e. The van der Waals surface area contributed by atoms with Crippen LogP contribution in [0.4, 0.5) is 8.78 Å². The number of nitrogens with one attached hydrogen (secondary N) is 3. The van der Waals surface area contributed by atoms with E-state index in [1.165, 1.54) is 16.5 Å². The molecule has 3 N–H and O–H groups in total. The lowest BCUT2D eigenvalue weighted by Gasteiger charge is -2.39. The molecule has 4 amide bonds. The van der Waals surface area contributed by atoms with Gasteiger partial charge in [-0.1, -0.05) is 19.3 Å². The third-order valence-electron chi connectivity index (χ3n) is 13.9. The Kier molecular flexibility index (Phi) is 19.0. The molecular formula is C51H67F2N9O10S. The molecule has 2 saturated heterocycles. The molecule has 3 aliphatic rings. The number of amides is 4. The third-order valence-corrected chi connectivity index (χ3v) is 14.8. The van der Waals surface area contributed by atoms with Crippen LogP contribution in [0.2, 0.25) is 0 Å². The quantitative estimate of drug-likeness (QED) is 0.0704. The first-order valence-electron chi connectivity index (χ1n) is 25.3. The number of rotatable bonds is 24. The number of piperidine rings is 1. The molecule has 73 heavy (non-hydrogen) atoms. The van der Waals surface area contributed by atoms with Gasteiger partial charge in [-0.05, 0) is 74.3 Å². The van der Waals surface area contributed by atoms with Crippen molar-refractivity contribution in [2.45, 2.75) is 76.6 Å². The van der Waals surface area contributed by atoms with Crippen LogP contribution in [0.1, 0.15) is 78.5 Å². The average molecular weight is 1040 g/mol. The van der Waals surface area contributed by atoms with Gasteiger partial charge in [-0.15, -0.1) is 11.3 Å². The topological polar surface area (TPSA) is 204 Å². The summed E-state index contributed by atoms with van der Waals surface area (Å²) in [6.45, 7) is 6.84. The van der Waals surface area contributed by atoms with Gasteiger partial charge in [0.1, 0.15) is 30.2 Å². The first kappa shape index (κ1) is 53.5. The molecule has 1 aliphatic carbocycles. The van der Waals surface area contributed by atoms with Gasteiger partial charge in [0.15, 0.2) is 17.4 Å². The van der Waals surface area contributed by atoms with Crippen LogP contribution in [0.3, 0.4) is 0 Å². The lowest BCUT2D eigenvalue weighted by Crippen LogP contribution is -2.59. The number of aromatic nitrogens is 3. The lowest BCUT2D eigenvalue weighted by atomic mass is 9.83. The maximum absolute atomic E-state index is 14.7. The largest absolute Gasteiger partial charge is 0.489 e. The number of carbonyl (C=O) groups is 4. The molecule has 0 unspecified atom stereocenters. The fourth-order valence-electron chi connectivity index (χ4n) is 9.68. The number of pyridine rings is 1. The van der Waals surface area contributed by atoms with Gasteiger partial charge in [0.05, 0.1) is 73.5 Å². The molecule has 0 radical (unpaired) electrons. The van der Waals surface area contributed by atoms with E-state index in [0.717, 1.165) is 91.9 Å². The van der Waals surface area contributed by atoms with E-state index in [-0.39, 0.29) is 105 Å². The first-order valence-corrected chi connectivity index (χ1v) is 26.2. The summed E-state index contributed by atoms with van der Waals surface area (Å²) in [6, 6.07) is 6.48. The summed E-state index contributed by atoms with van der Waals surface area (Å²) in [4.78, 5) is 64.9. The highest BCUT2D eigenvalue weighted by molar-refractivity contribution is 7.17. The molecule has 19 nitrogen and oxygen atoms in total. The van der Waals surface area contributed by atoms with E-state index in [9.17, 15) is 28.0 Å². The minimum Gasteiger partial charge on any atom is -0.489 e. The molecule has 1 saturated carbocycles. The third kappa shape index (κ3) is 13.7. The number of hydrogen-bond donors (Lipinski definition) is 3. The fourth-order valence-corrected chi connectivity index (χ4v) is 10.5. The number of ether oxygens (including phenoxy) is 5. The van der Waals surface area contributed by atoms with Gasteiger partial charge in [0.2, 0.25) is 11.8 Å². The molecule has 3 fully saturated rings. The number of piperazine rings is 1. The number of likely N-dealkylation sites (N-methyl/N-ethyl adjacent to an activating group) is 1. The second-order valence-corrected chi connectivity index (χ2v) is 19.6. The Morgan fingerprint density at radius 2 is 1.53 bits per heavy atom. The minimum atomic E-state index is -1.16. The van der Waals surface area contributed by atoms with E-state index in [4.69, 9.17) is 28.2 Å². The van der Waals surface area contributed by atoms with Crippen LogP contribution in [0.25, 0.3) is 21.1 Å². The number of halogens is 2. The van der Waals surface area contributed by atoms with Crippen molar-refractivity contribution in [2.24, 2.45) is 13.0 Å². The number of aryl methyl sites for hydroxylation is 1. The molecule has 0 spiro atoms. The van der Waals surface area contributed by atoms with Gasteiger partial charge in [0.25, 0.3) is 17.7 Å². The lowest BCUT2D eigenvalue weighted by molar-refractivity contribution is -0.140. The molecule has 4 aromatic heterocycles. The molecule has 22 heteroatoms. The zero-order valence-corrected chi connectivity index (χ0v) is 42.7. The van der Waals surface area contributed by atoms with Crippen molar-refractivity contribution in [3.63, 3.8) is 0 Å². The summed E-state index contributed by atoms with van der Waals surface area (Å²) >= 11 is 1.64. The van der Waals surface area contributed by atoms with Crippen molar-refractivity contribution in [3.05, 3.63) is 70.6 Å². The van der Waals surface area contributed by atoms with Gasteiger partial charge >= 0.3 is 0 Å². The predicted octanol–water partition coefficient (Wildman–Crippen LogP) is 4.91. The van der Waals surface area contributed by atoms with Crippen molar-refractivity contribution in [1.29, 1.82) is 0 Å². The van der Waals surface area contributed by atoms with Crippen LogP contribution < -0.4 is 25.4 Å². The van der Waals surface area contributed by atoms with Gasteiger partial charge in [-0.3, -0.25) is 29.1 Å². The van der Waals surface area contributed by atoms with Crippen molar-refractivity contribution < 1.29 is 56.2 Å². The molecule has 0 bridgehead atoms. The minimum absolute atomic E-state index is 0.0149. The molecule has 2 aliphatic heterocycles. The molecule has 2 atom stereocenters. The van der Waals surface area contributed by atoms with Crippen molar-refractivity contribution in [1.82, 2.24) is 45.4 Å². The van der Waals surface area contributed by atoms with Crippen LogP contribution in [0, 0.1) is 17.6 Å². The normalized spacial score (nSPS) is 17.0. The summed E-state index contributed by atoms with van der Waals surface area (Å²) in [7, 11) is 3.21. The Balaban J connectivity index is 0.710. The highest BCUT2D eigenvalue weighted by Crippen LogP contribution is 2.33. The SMILES string of the molecule is CN[C@@H](C)C(=O)N[C@H](C(=O)N1CCN(C(=O)c2c(C(=O)NCCOCCOCCOCCOc3cc(CN4CCC(Oc5ccnc6ccsc56)CC4)on3)c3cc(F)c(F)cc3n2C)CC1)C1CCCCC1. The summed E-state index contributed by atoms with van der Waals surface area (Å²) in [6.07, 6.45) is 8.51. The molecule has 1 aromatic carbocycles. The number of benzene rings is 1. The number of likely N-dealkylation sites (tertiary alicyclic amines) is 1. The number of fused-ring (bicyclic) bond motifs is 2. The summed E-state index contributed by atoms with van der Waals surface area (Å²) in [5, 5.41) is 14.8. The van der Waals surface area contributed by atoms with Crippen molar-refractivity contribution in [3.8, 4) is 11.6 Å². The predicted molar refractivity (Wildman–Crippen MR) is 268 cm³/mol. The Labute approximate surface area is 427 Å². The monoisotopic (exact) mass is 1040 g/mol. The Bertz CT molecular complexity index is 2640. The van der Waals surface area contributed by atoms with Crippen LogP contribution in [-0.2, 0) is 37.4 Å². The van der Waals surface area contributed by atoms with Crippen LogP contribution in [0.5, 0.6) is 11.6 Å². The second-order valence-electron chi connectivity index (χ2n) is 18.7. The average Bonchev–Trinajstić information content (AvgIpc) is 4.15. The van der Waals surface area contributed by atoms with E-state index < -0.39 is 35.5 Å². The van der Waals surface area contributed by atoms with Gasteiger partial charge in [-0.2, -0.15) is 0 Å². The van der Waals surface area contributed by atoms with E-state index >= 15 is 0 Å². The first-order chi connectivity index (χ1) is 35.5. The highest BCUT2D eigenvalue weighted by atomic mass is 32.1. The number of carbonyl (C=O) groups excluding carboxylic acids is 4. The number of hydrogen-bond acceptors (Lipinski definition) is 15. The van der Waals surface area contributed by atoms with Crippen LogP contribution >= 0.6 is 11.3 Å². The van der Waals surface area contributed by atoms with E-state index in [1.807, 2.05) is 17.5 Å². The van der Waals surface area contributed by atoms with Gasteiger partial charge < -0.3 is 58.5 Å². The maximum atomic E-state index is 14.7. The molecular weight excluding hydrogens is 969 g/mol. The summed E-state index contributed by atoms with van der Waals surface area (Å²) in [5.41, 5.74) is 1.01. The van der Waals surface area contributed by atoms with E-state index in [0.29, 0.717) is 32.2 Å². The number of thiophene rings is 1. The fraction of sp³-hybridized carbons (Fsp3) is 0.569. The van der Waals surface area contributed by atoms with Crippen molar-refractivity contribution >= 4 is 56.1 Å². The Morgan fingerprint density at radius 3 is 2.26 bits per heavy atom. The second kappa shape index (κ2) is 25.9. The van der Waals surface area contributed by atoms with Crippen molar-refractivity contribution in [2.75, 3.05) is 99.1 Å². The molecule has 396 valence electrons. The zero-order valence-electron chi connectivity index (χ0n) is 41.8. The Morgan fingerprint density at radius 1 is 0.849 bits per heavy atom. The van der Waals surface area contributed by atoms with Crippen LogP contribution in [-0.4, -0.2) is 170 Å². The zero-order chi connectivity index (χ0) is 51.3. The Hall–Kier alpha value is -5.78. The summed E-state index contributed by atoms with van der Waals surface area (Å²) < 4.78 is 66.1. The standard InChI is InChI=1S/C51H67F2N9O10S/c1-33(54-2)48(63)57-45(34-7-5-4-6-8-34)50(65)61-17-19-62(20-18-61)51(66)46-44(37-30-38(52)39(53)31-41(37)59(46)3)49(64)56-14-21-67-22-23-68-24-25-69-26-27-70-43-29-36(72-58-43)32-60-15-10-35(11-16-60)71-42-9-13-55-40-12-28-73-47(40)42/h9,12-13,28-31,33-35,45,54H,4-8,10-11,14-27,32H2,1-3H3,(H,56,64)(H,57,63)/t33-,45-/m0/s1. The molecule has 8 rings (SSSR count). The van der Waals surface area contributed by atoms with Gasteiger partial charge in [0, 0.05) is 76.6 Å². The molecule has 6 heterocycles. The smallest absolute Gasteiger partial charge is 0.271 e. The highest BCUT2D eigenvalue weighted by Gasteiger charge is 2.38. The van der Waals surface area contributed by atoms with E-state index in [2.05, 4.69) is 31.0 Å². The van der Waals surface area contributed by atoms with E-state index in [1.54, 1.807) is 42.5 Å². The van der Waals surface area contributed by atoms with Crippen LogP contribution in [0.15, 0.2) is 46.4 Å².